The summed E-state index contributed by atoms with van der Waals surface area (Å²) in [7, 11) is 0. The number of aryl methyl sites for hydroxylation is 2. The number of thiazole rings is 1. The highest BCUT2D eigenvalue weighted by molar-refractivity contribution is 7.09. The molecule has 0 saturated carbocycles. The summed E-state index contributed by atoms with van der Waals surface area (Å²) in [5.74, 6) is -0.206. The molecule has 0 spiro atoms. The lowest BCUT2D eigenvalue weighted by atomic mass is 9.99. The second-order valence-electron chi connectivity index (χ2n) is 7.03. The van der Waals surface area contributed by atoms with Gasteiger partial charge in [0.2, 0.25) is 0 Å². The van der Waals surface area contributed by atoms with Crippen molar-refractivity contribution in [1.29, 1.82) is 0 Å². The first-order valence-corrected chi connectivity index (χ1v) is 10.8. The SMILES string of the molecule is Cc1ncsc1CCCNC(=O)c1cn(C(c2ccccc2)c2ccccc2)nn1. The third-order valence-corrected chi connectivity index (χ3v) is 5.94. The zero-order valence-electron chi connectivity index (χ0n) is 16.7. The van der Waals surface area contributed by atoms with E-state index in [1.807, 2.05) is 48.8 Å². The standard InChI is InChI=1S/C23H23N5OS/c1-17-21(30-16-25-17)13-8-14-24-23(29)20-15-28(27-26-20)22(18-9-4-2-5-10-18)19-11-6-3-7-12-19/h2-7,9-12,15-16,22H,8,13-14H2,1H3,(H,24,29). The summed E-state index contributed by atoms with van der Waals surface area (Å²) in [4.78, 5) is 18.1. The van der Waals surface area contributed by atoms with E-state index in [0.717, 1.165) is 29.7 Å². The Hall–Kier alpha value is -3.32. The number of hydrogen-bond acceptors (Lipinski definition) is 5. The molecule has 2 aromatic heterocycles. The van der Waals surface area contributed by atoms with Gasteiger partial charge in [0.25, 0.3) is 5.91 Å². The molecule has 30 heavy (non-hydrogen) atoms. The third-order valence-electron chi connectivity index (χ3n) is 4.95. The second-order valence-corrected chi connectivity index (χ2v) is 7.97. The van der Waals surface area contributed by atoms with E-state index in [4.69, 9.17) is 0 Å². The average Bonchev–Trinajstić information content (AvgIpc) is 3.42. The number of rotatable bonds is 8. The van der Waals surface area contributed by atoms with Crippen molar-refractivity contribution in [1.82, 2.24) is 25.3 Å². The van der Waals surface area contributed by atoms with Crippen LogP contribution in [0.15, 0.2) is 72.4 Å². The Morgan fingerprint density at radius 1 is 1.07 bits per heavy atom. The van der Waals surface area contributed by atoms with Crippen LogP contribution in [0.4, 0.5) is 0 Å². The number of hydrogen-bond donors (Lipinski definition) is 1. The van der Waals surface area contributed by atoms with Gasteiger partial charge in [-0.2, -0.15) is 0 Å². The lowest BCUT2D eigenvalue weighted by Crippen LogP contribution is -2.25. The Morgan fingerprint density at radius 3 is 2.33 bits per heavy atom. The molecule has 0 saturated heterocycles. The van der Waals surface area contributed by atoms with Crippen molar-refractivity contribution in [2.45, 2.75) is 25.8 Å². The number of nitrogens with one attached hydrogen (secondary N) is 1. The van der Waals surface area contributed by atoms with Crippen molar-refractivity contribution in [3.05, 3.63) is 99.8 Å². The first kappa shape index (κ1) is 20.0. The van der Waals surface area contributed by atoms with Crippen LogP contribution in [-0.4, -0.2) is 32.4 Å². The van der Waals surface area contributed by atoms with Crippen LogP contribution < -0.4 is 5.32 Å². The molecule has 6 nitrogen and oxygen atoms in total. The number of aromatic nitrogens is 4. The van der Waals surface area contributed by atoms with Crippen molar-refractivity contribution >= 4 is 17.2 Å². The zero-order valence-corrected chi connectivity index (χ0v) is 17.5. The van der Waals surface area contributed by atoms with Crippen molar-refractivity contribution < 1.29 is 4.79 Å². The fourth-order valence-electron chi connectivity index (χ4n) is 3.38. The Balaban J connectivity index is 1.44. The normalized spacial score (nSPS) is 11.0. The van der Waals surface area contributed by atoms with E-state index in [-0.39, 0.29) is 11.9 Å². The van der Waals surface area contributed by atoms with E-state index in [2.05, 4.69) is 44.9 Å². The number of carbonyl (C=O) groups is 1. The molecule has 0 atom stereocenters. The summed E-state index contributed by atoms with van der Waals surface area (Å²) in [6, 6.07) is 20.1. The highest BCUT2D eigenvalue weighted by Crippen LogP contribution is 2.25. The first-order valence-electron chi connectivity index (χ1n) is 9.91. The average molecular weight is 418 g/mol. The van der Waals surface area contributed by atoms with Gasteiger partial charge in [0.05, 0.1) is 17.4 Å². The van der Waals surface area contributed by atoms with Crippen molar-refractivity contribution in [2.75, 3.05) is 6.54 Å². The van der Waals surface area contributed by atoms with Crippen LogP contribution in [-0.2, 0) is 6.42 Å². The molecule has 2 heterocycles. The monoisotopic (exact) mass is 417 g/mol. The second kappa shape index (κ2) is 9.45. The summed E-state index contributed by atoms with van der Waals surface area (Å²) >= 11 is 1.66. The maximum absolute atomic E-state index is 12.5. The lowest BCUT2D eigenvalue weighted by Gasteiger charge is -2.17. The summed E-state index contributed by atoms with van der Waals surface area (Å²) in [5.41, 5.74) is 5.42. The topological polar surface area (TPSA) is 72.7 Å². The minimum atomic E-state index is -0.206. The fraction of sp³-hybridized carbons (Fsp3) is 0.217. The molecule has 1 amide bonds. The quantitative estimate of drug-likeness (QED) is 0.439. The molecule has 0 bridgehead atoms. The molecular weight excluding hydrogens is 394 g/mol. The minimum absolute atomic E-state index is 0.143. The maximum atomic E-state index is 12.5. The Kier molecular flexibility index (Phi) is 6.29. The summed E-state index contributed by atoms with van der Waals surface area (Å²) in [6.07, 6.45) is 3.49. The molecule has 0 aliphatic heterocycles. The van der Waals surface area contributed by atoms with Gasteiger partial charge < -0.3 is 5.32 Å². The fourth-order valence-corrected chi connectivity index (χ4v) is 4.21. The summed E-state index contributed by atoms with van der Waals surface area (Å²) in [5, 5.41) is 11.3. The molecule has 4 aromatic rings. The molecule has 1 N–H and O–H groups in total. The Labute approximate surface area is 179 Å². The summed E-state index contributed by atoms with van der Waals surface area (Å²) in [6.45, 7) is 2.60. The smallest absolute Gasteiger partial charge is 0.273 e. The molecule has 0 fully saturated rings. The lowest BCUT2D eigenvalue weighted by molar-refractivity contribution is 0.0948. The Morgan fingerprint density at radius 2 is 1.73 bits per heavy atom. The first-order chi connectivity index (χ1) is 14.7. The summed E-state index contributed by atoms with van der Waals surface area (Å²) < 4.78 is 1.75. The van der Waals surface area contributed by atoms with Gasteiger partial charge in [-0.3, -0.25) is 4.79 Å². The predicted molar refractivity (Wildman–Crippen MR) is 118 cm³/mol. The van der Waals surface area contributed by atoms with Gasteiger partial charge in [-0.05, 0) is 30.9 Å². The van der Waals surface area contributed by atoms with E-state index in [1.54, 1.807) is 22.2 Å². The maximum Gasteiger partial charge on any atom is 0.273 e. The molecule has 2 aromatic carbocycles. The van der Waals surface area contributed by atoms with Gasteiger partial charge in [-0.1, -0.05) is 65.9 Å². The van der Waals surface area contributed by atoms with Crippen molar-refractivity contribution in [2.24, 2.45) is 0 Å². The molecule has 4 rings (SSSR count). The van der Waals surface area contributed by atoms with Gasteiger partial charge in [0.15, 0.2) is 5.69 Å². The molecule has 7 heteroatoms. The van der Waals surface area contributed by atoms with E-state index >= 15 is 0 Å². The van der Waals surface area contributed by atoms with Crippen LogP contribution in [0, 0.1) is 6.92 Å². The number of amides is 1. The van der Waals surface area contributed by atoms with Crippen LogP contribution in [0.25, 0.3) is 0 Å². The largest absolute Gasteiger partial charge is 0.351 e. The number of carbonyl (C=O) groups excluding carboxylic acids is 1. The van der Waals surface area contributed by atoms with Gasteiger partial charge in [-0.25, -0.2) is 9.67 Å². The molecule has 152 valence electrons. The Bertz CT molecular complexity index is 1050. The zero-order chi connectivity index (χ0) is 20.8. The van der Waals surface area contributed by atoms with Crippen LogP contribution in [0.2, 0.25) is 0 Å². The van der Waals surface area contributed by atoms with Gasteiger partial charge in [-0.15, -0.1) is 16.4 Å². The van der Waals surface area contributed by atoms with Gasteiger partial charge >= 0.3 is 0 Å². The molecule has 0 radical (unpaired) electrons. The van der Waals surface area contributed by atoms with E-state index in [1.165, 1.54) is 4.88 Å². The van der Waals surface area contributed by atoms with E-state index < -0.39 is 0 Å². The molecule has 0 unspecified atom stereocenters. The third kappa shape index (κ3) is 4.63. The highest BCUT2D eigenvalue weighted by Gasteiger charge is 2.19. The minimum Gasteiger partial charge on any atom is -0.351 e. The predicted octanol–water partition coefficient (Wildman–Crippen LogP) is 4.04. The molecule has 0 aliphatic rings. The van der Waals surface area contributed by atoms with Crippen LogP contribution in [0.5, 0.6) is 0 Å². The van der Waals surface area contributed by atoms with Gasteiger partial charge in [0.1, 0.15) is 6.04 Å². The van der Waals surface area contributed by atoms with E-state index in [9.17, 15) is 4.79 Å². The number of nitrogens with zero attached hydrogens (tertiary/aromatic N) is 4. The van der Waals surface area contributed by atoms with Crippen LogP contribution in [0.1, 0.15) is 44.6 Å². The van der Waals surface area contributed by atoms with Crippen molar-refractivity contribution in [3.8, 4) is 0 Å². The number of benzene rings is 2. The van der Waals surface area contributed by atoms with Crippen LogP contribution >= 0.6 is 11.3 Å². The molecule has 0 aliphatic carbocycles. The van der Waals surface area contributed by atoms with Crippen LogP contribution in [0.3, 0.4) is 0 Å². The van der Waals surface area contributed by atoms with E-state index in [0.29, 0.717) is 12.2 Å². The highest BCUT2D eigenvalue weighted by atomic mass is 32.1. The van der Waals surface area contributed by atoms with Gasteiger partial charge in [0, 0.05) is 11.4 Å². The molecular formula is C23H23N5OS. The van der Waals surface area contributed by atoms with Crippen molar-refractivity contribution in [3.63, 3.8) is 0 Å².